The SMILES string of the molecule is Cn1c(=O)n(C2CCC(=O)NC2=O)c2cccc(CCCN3CCN(C4CCC(n5cc6cc(NC(=O)c7ccc8cc(C#N)cnn78)c(C(C)(C)O)cc6n5)CC4)CC3)c21. The van der Waals surface area contributed by atoms with E-state index in [1.54, 1.807) is 48.2 Å². The first kappa shape index (κ1) is 40.3. The summed E-state index contributed by atoms with van der Waals surface area (Å²) in [6, 6.07) is 16.9. The number of carbonyl (C=O) groups excluding carboxylic acids is 3. The topological polar surface area (TPSA) is 188 Å². The molecule has 6 aromatic rings. The number of piperidine rings is 1. The van der Waals surface area contributed by atoms with Crippen LogP contribution in [0.4, 0.5) is 5.69 Å². The van der Waals surface area contributed by atoms with Crippen molar-refractivity contribution in [3.63, 3.8) is 0 Å². The molecule has 2 saturated heterocycles. The second kappa shape index (κ2) is 16.0. The molecule has 3 amide bonds. The molecule has 4 aromatic heterocycles. The van der Waals surface area contributed by atoms with Gasteiger partial charge in [-0.25, -0.2) is 9.31 Å². The number of para-hydroxylation sites is 1. The molecular weight excluding hydrogens is 775 g/mol. The van der Waals surface area contributed by atoms with Gasteiger partial charge in [-0.2, -0.15) is 15.5 Å². The minimum Gasteiger partial charge on any atom is -0.386 e. The Morgan fingerprint density at radius 3 is 2.51 bits per heavy atom. The minimum absolute atomic E-state index is 0.218. The Kier molecular flexibility index (Phi) is 10.6. The largest absolute Gasteiger partial charge is 0.386 e. The van der Waals surface area contributed by atoms with Crippen LogP contribution < -0.4 is 16.3 Å². The molecule has 0 spiro atoms. The van der Waals surface area contributed by atoms with Gasteiger partial charge >= 0.3 is 5.69 Å². The van der Waals surface area contributed by atoms with Crippen molar-refractivity contribution in [2.24, 2.45) is 7.05 Å². The van der Waals surface area contributed by atoms with Gasteiger partial charge in [-0.05, 0) is 107 Å². The van der Waals surface area contributed by atoms with Gasteiger partial charge < -0.3 is 15.3 Å². The van der Waals surface area contributed by atoms with Crippen molar-refractivity contribution in [1.29, 1.82) is 5.26 Å². The lowest BCUT2D eigenvalue weighted by molar-refractivity contribution is -0.135. The molecule has 2 aliphatic heterocycles. The highest BCUT2D eigenvalue weighted by Crippen LogP contribution is 2.36. The summed E-state index contributed by atoms with van der Waals surface area (Å²) in [7, 11) is 1.76. The van der Waals surface area contributed by atoms with Crippen LogP contribution in [-0.4, -0.2) is 99.9 Å². The van der Waals surface area contributed by atoms with Crippen LogP contribution in [0.1, 0.15) is 98.1 Å². The molecule has 3 aliphatic rings. The zero-order chi connectivity index (χ0) is 42.6. The Hall–Kier alpha value is -6.15. The molecule has 61 heavy (non-hydrogen) atoms. The number of fused-ring (bicyclic) bond motifs is 3. The molecule has 3 fully saturated rings. The average molecular weight is 826 g/mol. The number of nitrogens with zero attached hydrogens (tertiary/aromatic N) is 9. The second-order valence-corrected chi connectivity index (χ2v) is 17.4. The molecule has 3 N–H and O–H groups in total. The number of benzene rings is 2. The molecule has 16 nitrogen and oxygen atoms in total. The normalized spacial score (nSPS) is 20.7. The molecule has 1 unspecified atom stereocenters. The number of carbonyl (C=O) groups is 3. The first-order valence-corrected chi connectivity index (χ1v) is 21.3. The van der Waals surface area contributed by atoms with Crippen molar-refractivity contribution in [3.05, 3.63) is 93.8 Å². The van der Waals surface area contributed by atoms with Crippen LogP contribution in [0.25, 0.3) is 27.5 Å². The van der Waals surface area contributed by atoms with Crippen molar-refractivity contribution in [2.45, 2.75) is 88.9 Å². The summed E-state index contributed by atoms with van der Waals surface area (Å²) < 4.78 is 6.76. The number of nitrogens with one attached hydrogen (secondary N) is 2. The fourth-order valence-electron chi connectivity index (χ4n) is 9.79. The maximum absolute atomic E-state index is 13.5. The van der Waals surface area contributed by atoms with E-state index >= 15 is 0 Å². The fourth-order valence-corrected chi connectivity index (χ4v) is 9.79. The number of imidazole rings is 1. The van der Waals surface area contributed by atoms with Gasteiger partial charge in [-0.3, -0.25) is 38.4 Å². The van der Waals surface area contributed by atoms with E-state index in [0.717, 1.165) is 98.7 Å². The summed E-state index contributed by atoms with van der Waals surface area (Å²) in [5.74, 6) is -1.10. The van der Waals surface area contributed by atoms with E-state index in [1.165, 1.54) is 10.7 Å². The summed E-state index contributed by atoms with van der Waals surface area (Å²) in [6.45, 7) is 8.45. The van der Waals surface area contributed by atoms with Crippen molar-refractivity contribution < 1.29 is 19.5 Å². The van der Waals surface area contributed by atoms with Crippen LogP contribution in [0.15, 0.2) is 65.7 Å². The monoisotopic (exact) mass is 825 g/mol. The number of amides is 3. The lowest BCUT2D eigenvalue weighted by Gasteiger charge is -2.42. The quantitative estimate of drug-likeness (QED) is 0.167. The number of aromatic nitrogens is 6. The number of aryl methyl sites for hydroxylation is 2. The van der Waals surface area contributed by atoms with Crippen LogP contribution in [0.2, 0.25) is 0 Å². The van der Waals surface area contributed by atoms with Gasteiger partial charge in [0.05, 0.1) is 45.5 Å². The molecule has 316 valence electrons. The zero-order valence-electron chi connectivity index (χ0n) is 34.8. The van der Waals surface area contributed by atoms with Crippen molar-refractivity contribution in [3.8, 4) is 6.07 Å². The third-order valence-corrected chi connectivity index (χ3v) is 13.0. The summed E-state index contributed by atoms with van der Waals surface area (Å²) in [5.41, 5.74) is 4.38. The molecule has 0 radical (unpaired) electrons. The number of imide groups is 1. The minimum atomic E-state index is -1.24. The summed E-state index contributed by atoms with van der Waals surface area (Å²) in [5, 5.41) is 35.9. The Bertz CT molecular complexity index is 2780. The van der Waals surface area contributed by atoms with Gasteiger partial charge in [0.15, 0.2) is 0 Å². The smallest absolute Gasteiger partial charge is 0.329 e. The van der Waals surface area contributed by atoms with E-state index in [9.17, 15) is 29.5 Å². The van der Waals surface area contributed by atoms with Gasteiger partial charge in [0.25, 0.3) is 5.91 Å². The van der Waals surface area contributed by atoms with E-state index in [4.69, 9.17) is 5.10 Å². The standard InChI is InChI=1S/C45H51N11O5/c1-45(2,61)34-24-35-30(23-36(34)48-43(59)39-14-13-33-22-28(25-46)26-47-56(33)39)27-54(50-35)32-11-9-31(10-12-32)53-20-18-52(19-21-53)17-5-7-29-6-4-8-37-41(29)51(3)44(60)55(37)38-15-16-40(57)49-42(38)58/h4,6,8,13-14,22-24,26-27,31-32,38,61H,5,7,9-12,15-21H2,1-3H3,(H,48,59)(H,49,57,58). The lowest BCUT2D eigenvalue weighted by Crippen LogP contribution is -2.51. The van der Waals surface area contributed by atoms with E-state index in [0.29, 0.717) is 40.5 Å². The number of hydrogen-bond acceptors (Lipinski definition) is 10. The second-order valence-electron chi connectivity index (χ2n) is 17.4. The van der Waals surface area contributed by atoms with E-state index in [2.05, 4.69) is 48.5 Å². The highest BCUT2D eigenvalue weighted by molar-refractivity contribution is 6.05. The predicted molar refractivity (Wildman–Crippen MR) is 229 cm³/mol. The molecule has 1 saturated carbocycles. The van der Waals surface area contributed by atoms with Crippen LogP contribution in [0.5, 0.6) is 0 Å². The molecule has 1 aliphatic carbocycles. The Morgan fingerprint density at radius 1 is 1.00 bits per heavy atom. The van der Waals surface area contributed by atoms with E-state index < -0.39 is 17.6 Å². The summed E-state index contributed by atoms with van der Waals surface area (Å²) in [4.78, 5) is 56.5. The predicted octanol–water partition coefficient (Wildman–Crippen LogP) is 4.40. The third-order valence-electron chi connectivity index (χ3n) is 13.0. The van der Waals surface area contributed by atoms with Gasteiger partial charge in [-0.1, -0.05) is 12.1 Å². The van der Waals surface area contributed by atoms with Gasteiger partial charge in [0, 0.05) is 68.5 Å². The Labute approximate surface area is 352 Å². The van der Waals surface area contributed by atoms with Gasteiger partial charge in [0.2, 0.25) is 11.8 Å². The van der Waals surface area contributed by atoms with Crippen LogP contribution >= 0.6 is 0 Å². The third kappa shape index (κ3) is 7.73. The van der Waals surface area contributed by atoms with Crippen LogP contribution in [0.3, 0.4) is 0 Å². The van der Waals surface area contributed by atoms with Crippen molar-refractivity contribution in [2.75, 3.05) is 38.0 Å². The number of nitriles is 1. The van der Waals surface area contributed by atoms with Gasteiger partial charge in [-0.15, -0.1) is 0 Å². The molecule has 1 atom stereocenters. The van der Waals surface area contributed by atoms with Crippen molar-refractivity contribution >= 4 is 50.9 Å². The number of piperazine rings is 1. The molecule has 16 heteroatoms. The zero-order valence-corrected chi connectivity index (χ0v) is 34.8. The summed E-state index contributed by atoms with van der Waals surface area (Å²) >= 11 is 0. The number of rotatable bonds is 10. The highest BCUT2D eigenvalue weighted by atomic mass is 16.3. The Morgan fingerprint density at radius 2 is 1.77 bits per heavy atom. The lowest BCUT2D eigenvalue weighted by atomic mass is 9.90. The Balaban J connectivity index is 0.791. The summed E-state index contributed by atoms with van der Waals surface area (Å²) in [6.07, 6.45) is 10.0. The molecule has 2 aromatic carbocycles. The first-order chi connectivity index (χ1) is 29.4. The average Bonchev–Trinajstić information content (AvgIpc) is 3.94. The van der Waals surface area contributed by atoms with E-state index in [1.807, 2.05) is 24.3 Å². The maximum atomic E-state index is 13.5. The molecular formula is C45H51N11O5. The van der Waals surface area contributed by atoms with Crippen molar-refractivity contribution in [1.82, 2.24) is 43.6 Å². The first-order valence-electron chi connectivity index (χ1n) is 21.3. The van der Waals surface area contributed by atoms with E-state index in [-0.39, 0.29) is 30.0 Å². The van der Waals surface area contributed by atoms with Gasteiger partial charge in [0.1, 0.15) is 17.8 Å². The van der Waals surface area contributed by atoms with Crippen LogP contribution in [0, 0.1) is 11.3 Å². The molecule has 9 rings (SSSR count). The molecule has 6 heterocycles. The van der Waals surface area contributed by atoms with Crippen LogP contribution in [-0.2, 0) is 28.7 Å². The number of anilines is 1. The fraction of sp³-hybridized carbons (Fsp3) is 0.444. The maximum Gasteiger partial charge on any atom is 0.329 e. The highest BCUT2D eigenvalue weighted by Gasteiger charge is 2.33. The number of hydrogen-bond donors (Lipinski definition) is 3. The number of aliphatic hydroxyl groups is 1. The molecule has 0 bridgehead atoms.